The van der Waals surface area contributed by atoms with Gasteiger partial charge in [-0.1, -0.05) is 24.8 Å². The molecule has 0 unspecified atom stereocenters. The Balaban J connectivity index is 2.16. The largest absolute Gasteiger partial charge is 0.297 e. The summed E-state index contributed by atoms with van der Waals surface area (Å²) in [6.07, 6.45) is 1.03. The van der Waals surface area contributed by atoms with E-state index < -0.39 is 26.1 Å². The van der Waals surface area contributed by atoms with E-state index in [0.29, 0.717) is 0 Å². The highest BCUT2D eigenvalue weighted by atomic mass is 32.2. The molecule has 1 aromatic carbocycles. The second kappa shape index (κ2) is 5.07. The molecule has 1 saturated heterocycles. The van der Waals surface area contributed by atoms with Crippen LogP contribution in [0.4, 0.5) is 0 Å². The van der Waals surface area contributed by atoms with Crippen molar-refractivity contribution in [1.29, 1.82) is 0 Å². The molecule has 0 aromatic heterocycles. The van der Waals surface area contributed by atoms with Gasteiger partial charge in [0, 0.05) is 0 Å². The average Bonchev–Trinajstić information content (AvgIpc) is 2.68. The van der Waals surface area contributed by atoms with Crippen LogP contribution in [0.2, 0.25) is 0 Å². The van der Waals surface area contributed by atoms with Crippen LogP contribution in [0, 0.1) is 0 Å². The van der Waals surface area contributed by atoms with Crippen molar-refractivity contribution in [2.45, 2.75) is 17.4 Å². The van der Waals surface area contributed by atoms with Crippen LogP contribution in [-0.4, -0.2) is 34.4 Å². The molecule has 1 atom stereocenters. The molecule has 7 heteroatoms. The van der Waals surface area contributed by atoms with Crippen molar-refractivity contribution in [1.82, 2.24) is 0 Å². The molecule has 0 amide bonds. The maximum Gasteiger partial charge on any atom is 0.297 e. The van der Waals surface area contributed by atoms with Crippen LogP contribution in [0.25, 0.3) is 6.08 Å². The first-order valence-corrected chi connectivity index (χ1v) is 8.91. The Bertz CT molecular complexity index is 671. The molecule has 1 heterocycles. The van der Waals surface area contributed by atoms with E-state index in [0.717, 1.165) is 5.56 Å². The second-order valence-electron chi connectivity index (χ2n) is 4.35. The van der Waals surface area contributed by atoms with Crippen molar-refractivity contribution < 1.29 is 21.0 Å². The highest BCUT2D eigenvalue weighted by molar-refractivity contribution is 7.91. The van der Waals surface area contributed by atoms with Crippen LogP contribution in [0.5, 0.6) is 0 Å². The first kappa shape index (κ1) is 14.2. The molecule has 1 fully saturated rings. The summed E-state index contributed by atoms with van der Waals surface area (Å²) >= 11 is 0. The third-order valence-electron chi connectivity index (χ3n) is 2.86. The van der Waals surface area contributed by atoms with Crippen molar-refractivity contribution >= 4 is 26.0 Å². The van der Waals surface area contributed by atoms with Gasteiger partial charge < -0.3 is 0 Å². The van der Waals surface area contributed by atoms with E-state index in [4.69, 9.17) is 4.18 Å². The Hall–Kier alpha value is -1.18. The second-order valence-corrected chi connectivity index (χ2v) is 8.15. The molecule has 2 rings (SSSR count). The van der Waals surface area contributed by atoms with Gasteiger partial charge in [-0.2, -0.15) is 8.42 Å². The number of hydrogen-bond donors (Lipinski definition) is 0. The van der Waals surface area contributed by atoms with Crippen LogP contribution in [0.15, 0.2) is 35.7 Å². The van der Waals surface area contributed by atoms with Crippen molar-refractivity contribution in [3.63, 3.8) is 0 Å². The minimum Gasteiger partial charge on any atom is -0.262 e. The first-order chi connectivity index (χ1) is 8.82. The fourth-order valence-corrected chi connectivity index (χ4v) is 4.62. The van der Waals surface area contributed by atoms with Crippen molar-refractivity contribution in [2.24, 2.45) is 0 Å². The Labute approximate surface area is 112 Å². The van der Waals surface area contributed by atoms with Crippen molar-refractivity contribution in [3.8, 4) is 0 Å². The Morgan fingerprint density at radius 1 is 1.26 bits per heavy atom. The van der Waals surface area contributed by atoms with Gasteiger partial charge in [-0.05, 0) is 24.1 Å². The number of sulfone groups is 1. The predicted molar refractivity (Wildman–Crippen MR) is 71.9 cm³/mol. The highest BCUT2D eigenvalue weighted by Crippen LogP contribution is 2.21. The zero-order chi connectivity index (χ0) is 14.1. The molecule has 1 aliphatic rings. The van der Waals surface area contributed by atoms with Crippen LogP contribution >= 0.6 is 0 Å². The minimum atomic E-state index is -3.92. The third-order valence-corrected chi connectivity index (χ3v) is 5.97. The number of rotatable bonds is 4. The molecule has 0 spiro atoms. The van der Waals surface area contributed by atoms with E-state index in [9.17, 15) is 16.8 Å². The van der Waals surface area contributed by atoms with Gasteiger partial charge in [0.1, 0.15) is 0 Å². The van der Waals surface area contributed by atoms with Gasteiger partial charge in [0.25, 0.3) is 10.1 Å². The van der Waals surface area contributed by atoms with Crippen molar-refractivity contribution in [2.75, 3.05) is 11.5 Å². The molecule has 0 bridgehead atoms. The fourth-order valence-electron chi connectivity index (χ4n) is 1.84. The molecule has 5 nitrogen and oxygen atoms in total. The molecule has 1 aliphatic heterocycles. The fraction of sp³-hybridized carbons (Fsp3) is 0.333. The van der Waals surface area contributed by atoms with E-state index in [1.807, 2.05) is 0 Å². The lowest BCUT2D eigenvalue weighted by molar-refractivity contribution is 0.236. The summed E-state index contributed by atoms with van der Waals surface area (Å²) < 4.78 is 51.4. The van der Waals surface area contributed by atoms with E-state index in [1.165, 1.54) is 12.1 Å². The van der Waals surface area contributed by atoms with Gasteiger partial charge in [0.05, 0.1) is 22.5 Å². The molecule has 19 heavy (non-hydrogen) atoms. The van der Waals surface area contributed by atoms with Gasteiger partial charge in [-0.15, -0.1) is 0 Å². The molecule has 0 aliphatic carbocycles. The highest BCUT2D eigenvalue weighted by Gasteiger charge is 2.32. The van der Waals surface area contributed by atoms with Gasteiger partial charge >= 0.3 is 0 Å². The van der Waals surface area contributed by atoms with Gasteiger partial charge in [0.15, 0.2) is 9.84 Å². The zero-order valence-electron chi connectivity index (χ0n) is 10.2. The maximum atomic E-state index is 12.0. The molecule has 1 aromatic rings. The first-order valence-electron chi connectivity index (χ1n) is 5.69. The zero-order valence-corrected chi connectivity index (χ0v) is 11.8. The standard InChI is InChI=1S/C12H14O5S2/c1-2-10-3-5-12(6-4-10)19(15,16)17-11-7-8-18(13,14)9-11/h2-6,11H,1,7-9H2/t11-/m0/s1. The number of hydrogen-bond acceptors (Lipinski definition) is 5. The lowest BCUT2D eigenvalue weighted by atomic mass is 10.2. The molecular formula is C12H14O5S2. The summed E-state index contributed by atoms with van der Waals surface area (Å²) in [5, 5.41) is 0. The normalized spacial score (nSPS) is 22.2. The third kappa shape index (κ3) is 3.43. The van der Waals surface area contributed by atoms with Crippen LogP contribution in [0.1, 0.15) is 12.0 Å². The monoisotopic (exact) mass is 302 g/mol. The Kier molecular flexibility index (Phi) is 3.80. The molecule has 0 radical (unpaired) electrons. The van der Waals surface area contributed by atoms with Gasteiger partial charge in [-0.3, -0.25) is 4.18 Å². The van der Waals surface area contributed by atoms with E-state index in [1.54, 1.807) is 18.2 Å². The average molecular weight is 302 g/mol. The van der Waals surface area contributed by atoms with Crippen LogP contribution in [0.3, 0.4) is 0 Å². The quantitative estimate of drug-likeness (QED) is 0.782. The summed E-state index contributed by atoms with van der Waals surface area (Å²) in [6.45, 7) is 3.57. The summed E-state index contributed by atoms with van der Waals surface area (Å²) in [5.41, 5.74) is 0.794. The summed E-state index contributed by atoms with van der Waals surface area (Å²) in [6, 6.07) is 6.04. The number of benzene rings is 1. The lowest BCUT2D eigenvalue weighted by Crippen LogP contribution is -2.19. The van der Waals surface area contributed by atoms with E-state index >= 15 is 0 Å². The smallest absolute Gasteiger partial charge is 0.262 e. The molecule has 104 valence electrons. The van der Waals surface area contributed by atoms with E-state index in [2.05, 4.69) is 6.58 Å². The summed E-state index contributed by atoms with van der Waals surface area (Å²) in [4.78, 5) is 0.0161. The maximum absolute atomic E-state index is 12.0. The van der Waals surface area contributed by atoms with Crippen LogP contribution in [-0.2, 0) is 24.1 Å². The molecule has 0 saturated carbocycles. The topological polar surface area (TPSA) is 77.5 Å². The Morgan fingerprint density at radius 3 is 2.37 bits per heavy atom. The van der Waals surface area contributed by atoms with Gasteiger partial charge in [-0.25, -0.2) is 8.42 Å². The van der Waals surface area contributed by atoms with E-state index in [-0.39, 0.29) is 22.8 Å². The molecule has 0 N–H and O–H groups in total. The molecular weight excluding hydrogens is 288 g/mol. The lowest BCUT2D eigenvalue weighted by Gasteiger charge is -2.10. The minimum absolute atomic E-state index is 0.0161. The SMILES string of the molecule is C=Cc1ccc(S(=O)(=O)O[C@H]2CCS(=O)(=O)C2)cc1. The Morgan fingerprint density at radius 2 is 1.89 bits per heavy atom. The van der Waals surface area contributed by atoms with Gasteiger partial charge in [0.2, 0.25) is 0 Å². The van der Waals surface area contributed by atoms with Crippen molar-refractivity contribution in [3.05, 3.63) is 36.4 Å². The summed E-state index contributed by atoms with van der Waals surface area (Å²) in [7, 11) is -7.08. The predicted octanol–water partition coefficient (Wildman–Crippen LogP) is 1.22. The van der Waals surface area contributed by atoms with Crippen LogP contribution < -0.4 is 0 Å². The summed E-state index contributed by atoms with van der Waals surface area (Å²) in [5.74, 6) is -0.264.